The number of aromatic nitrogens is 3. The Kier molecular flexibility index (Phi) is 10.4. The van der Waals surface area contributed by atoms with Crippen LogP contribution in [0.15, 0.2) is 48.9 Å². The molecule has 260 valence electrons. The molecule has 0 atom stereocenters. The number of carbonyl (C=O) groups excluding carboxylic acids is 2. The number of imidazole rings is 1. The first-order valence-corrected chi connectivity index (χ1v) is 17.0. The lowest BCUT2D eigenvalue weighted by atomic mass is 9.92. The second-order valence-corrected chi connectivity index (χ2v) is 13.4. The van der Waals surface area contributed by atoms with Crippen molar-refractivity contribution < 1.29 is 27.6 Å². The summed E-state index contributed by atoms with van der Waals surface area (Å²) in [6.07, 6.45) is 7.73. The quantitative estimate of drug-likeness (QED) is 0.123. The molecular weight excluding hydrogens is 630 g/mol. The fourth-order valence-electron chi connectivity index (χ4n) is 6.89. The van der Waals surface area contributed by atoms with Gasteiger partial charge < -0.3 is 30.5 Å². The first kappa shape index (κ1) is 34.3. The standard InChI is InChI=1S/C36H44F2N8O3/c1-4-24-18-26(44-33-34-43-21-29(45(34)15-14-40-33)28-8-9-30(49-3)32(38)31(28)37)6-7-27(24)36(48)42-13-5-12-41-35(47)25-10-16-46(2,17-11-25)22-23-19-39-20-23/h6-9,14-15,18,21,23,25,39H,4-5,10-13,16-17,19-20,22H2,1-3H3,(H2-,40,41,42,44,47,48)/p+1. The Morgan fingerprint density at radius 2 is 1.84 bits per heavy atom. The van der Waals surface area contributed by atoms with Gasteiger partial charge in [-0.1, -0.05) is 6.92 Å². The molecule has 2 aromatic heterocycles. The molecule has 2 amide bonds. The maximum atomic E-state index is 14.9. The van der Waals surface area contributed by atoms with E-state index in [0.29, 0.717) is 54.3 Å². The van der Waals surface area contributed by atoms with Gasteiger partial charge >= 0.3 is 0 Å². The van der Waals surface area contributed by atoms with E-state index in [0.717, 1.165) is 55.0 Å². The number of ether oxygens (including phenoxy) is 1. The zero-order valence-electron chi connectivity index (χ0n) is 28.3. The molecule has 49 heavy (non-hydrogen) atoms. The number of nitrogens with zero attached hydrogens (tertiary/aromatic N) is 4. The molecule has 0 spiro atoms. The van der Waals surface area contributed by atoms with Gasteiger partial charge in [-0.15, -0.1) is 0 Å². The lowest BCUT2D eigenvalue weighted by Gasteiger charge is -2.44. The molecule has 6 rings (SSSR count). The number of fused-ring (bicyclic) bond motifs is 1. The van der Waals surface area contributed by atoms with Gasteiger partial charge in [-0.25, -0.2) is 14.4 Å². The van der Waals surface area contributed by atoms with E-state index in [9.17, 15) is 18.4 Å². The summed E-state index contributed by atoms with van der Waals surface area (Å²) < 4.78 is 36.9. The van der Waals surface area contributed by atoms with Crippen molar-refractivity contribution in [2.45, 2.75) is 32.6 Å². The summed E-state index contributed by atoms with van der Waals surface area (Å²) >= 11 is 0. The van der Waals surface area contributed by atoms with Gasteiger partial charge in [0.15, 0.2) is 23.0 Å². The summed E-state index contributed by atoms with van der Waals surface area (Å²) in [5.74, 6) is -1.09. The number of likely N-dealkylation sites (tertiary alicyclic amines) is 1. The second kappa shape index (κ2) is 14.9. The number of piperidine rings is 1. The number of hydrogen-bond donors (Lipinski definition) is 4. The van der Waals surface area contributed by atoms with Gasteiger partial charge in [0.05, 0.1) is 45.7 Å². The average molecular weight is 676 g/mol. The van der Waals surface area contributed by atoms with E-state index in [1.54, 1.807) is 28.9 Å². The van der Waals surface area contributed by atoms with Crippen molar-refractivity contribution in [1.29, 1.82) is 0 Å². The molecule has 2 aliphatic heterocycles. The topological polar surface area (TPSA) is 122 Å². The van der Waals surface area contributed by atoms with Crippen LogP contribution < -0.4 is 26.0 Å². The summed E-state index contributed by atoms with van der Waals surface area (Å²) in [5.41, 5.74) is 2.93. The fraction of sp³-hybridized carbons (Fsp3) is 0.444. The van der Waals surface area contributed by atoms with Crippen LogP contribution in [-0.2, 0) is 11.2 Å². The van der Waals surface area contributed by atoms with E-state index >= 15 is 0 Å². The van der Waals surface area contributed by atoms with Gasteiger partial charge in [0.1, 0.15) is 0 Å². The number of methoxy groups -OCH3 is 1. The van der Waals surface area contributed by atoms with Crippen molar-refractivity contribution in [2.75, 3.05) is 65.3 Å². The first-order valence-electron chi connectivity index (χ1n) is 17.0. The number of halogens is 2. The van der Waals surface area contributed by atoms with Gasteiger partial charge in [-0.3, -0.25) is 14.0 Å². The molecule has 11 nitrogen and oxygen atoms in total. The Balaban J connectivity index is 1.01. The van der Waals surface area contributed by atoms with Crippen LogP contribution >= 0.6 is 0 Å². The van der Waals surface area contributed by atoms with Crippen molar-refractivity contribution in [2.24, 2.45) is 11.8 Å². The molecule has 2 saturated heterocycles. The highest BCUT2D eigenvalue weighted by Crippen LogP contribution is 2.32. The number of rotatable bonds is 13. The van der Waals surface area contributed by atoms with E-state index in [4.69, 9.17) is 4.74 Å². The molecule has 0 radical (unpaired) electrons. The van der Waals surface area contributed by atoms with Gasteiger partial charge in [-0.05, 0) is 48.7 Å². The van der Waals surface area contributed by atoms with E-state index in [1.807, 2.05) is 13.0 Å². The number of nitrogens with one attached hydrogen (secondary N) is 4. The van der Waals surface area contributed by atoms with Crippen molar-refractivity contribution in [3.05, 3.63) is 71.7 Å². The monoisotopic (exact) mass is 675 g/mol. The maximum Gasteiger partial charge on any atom is 0.251 e. The summed E-state index contributed by atoms with van der Waals surface area (Å²) in [4.78, 5) is 34.7. The molecule has 4 heterocycles. The van der Waals surface area contributed by atoms with Crippen LogP contribution in [-0.4, -0.2) is 90.6 Å². The van der Waals surface area contributed by atoms with Crippen LogP contribution in [0.5, 0.6) is 5.75 Å². The SMILES string of the molecule is CCc1cc(Nc2nccn3c(-c4ccc(OC)c(F)c4F)cnc23)ccc1C(=O)NCCCNC(=O)C1CC[N+](C)(CC2CNC2)CC1. The molecular formula is C36H45F2N8O3+. The highest BCUT2D eigenvalue weighted by Gasteiger charge is 2.36. The minimum atomic E-state index is -1.07. The van der Waals surface area contributed by atoms with Crippen molar-refractivity contribution in [1.82, 2.24) is 30.3 Å². The first-order chi connectivity index (χ1) is 23.7. The number of quaternary nitrogens is 1. The number of amides is 2. The van der Waals surface area contributed by atoms with Crippen LogP contribution in [0, 0.1) is 23.5 Å². The second-order valence-electron chi connectivity index (χ2n) is 13.4. The van der Waals surface area contributed by atoms with E-state index in [1.165, 1.54) is 32.0 Å². The summed E-state index contributed by atoms with van der Waals surface area (Å²) in [6, 6.07) is 8.26. The third-order valence-electron chi connectivity index (χ3n) is 9.87. The number of hydrogen-bond acceptors (Lipinski definition) is 7. The van der Waals surface area contributed by atoms with Crippen LogP contribution in [0.4, 0.5) is 20.3 Å². The summed E-state index contributed by atoms with van der Waals surface area (Å²) in [7, 11) is 3.60. The molecule has 13 heteroatoms. The number of aryl methyl sites for hydroxylation is 1. The number of anilines is 2. The van der Waals surface area contributed by atoms with Crippen LogP contribution in [0.25, 0.3) is 16.9 Å². The van der Waals surface area contributed by atoms with Crippen LogP contribution in [0.1, 0.15) is 42.1 Å². The van der Waals surface area contributed by atoms with Gasteiger partial charge in [0, 0.05) is 80.1 Å². The molecule has 0 aliphatic carbocycles. The summed E-state index contributed by atoms with van der Waals surface area (Å²) in [6.45, 7) is 8.46. The smallest absolute Gasteiger partial charge is 0.251 e. The zero-order valence-corrected chi connectivity index (χ0v) is 28.3. The van der Waals surface area contributed by atoms with Gasteiger partial charge in [-0.2, -0.15) is 4.39 Å². The van der Waals surface area contributed by atoms with Gasteiger partial charge in [0.25, 0.3) is 5.91 Å². The molecule has 2 fully saturated rings. The molecule has 2 aromatic carbocycles. The largest absolute Gasteiger partial charge is 0.494 e. The number of carbonyl (C=O) groups is 2. The Bertz CT molecular complexity index is 1820. The van der Waals surface area contributed by atoms with Crippen molar-refractivity contribution in [3.63, 3.8) is 0 Å². The Morgan fingerprint density at radius 1 is 1.06 bits per heavy atom. The lowest BCUT2D eigenvalue weighted by Crippen LogP contribution is -2.58. The van der Waals surface area contributed by atoms with E-state index in [2.05, 4.69) is 38.3 Å². The molecule has 0 saturated carbocycles. The molecule has 2 aliphatic rings. The Labute approximate surface area is 285 Å². The fourth-order valence-corrected chi connectivity index (χ4v) is 6.89. The highest BCUT2D eigenvalue weighted by atomic mass is 19.2. The average Bonchev–Trinajstić information content (AvgIpc) is 3.52. The summed E-state index contributed by atoms with van der Waals surface area (Å²) in [5, 5.41) is 12.7. The van der Waals surface area contributed by atoms with Crippen molar-refractivity contribution >= 4 is 29.0 Å². The molecule has 0 bridgehead atoms. The highest BCUT2D eigenvalue weighted by molar-refractivity contribution is 5.96. The van der Waals surface area contributed by atoms with E-state index in [-0.39, 0.29) is 29.0 Å². The predicted molar refractivity (Wildman–Crippen MR) is 184 cm³/mol. The Morgan fingerprint density at radius 3 is 2.55 bits per heavy atom. The zero-order chi connectivity index (χ0) is 34.5. The minimum Gasteiger partial charge on any atom is -0.494 e. The third kappa shape index (κ3) is 7.52. The lowest BCUT2D eigenvalue weighted by molar-refractivity contribution is -0.918. The Hall–Kier alpha value is -4.62. The van der Waals surface area contributed by atoms with Crippen molar-refractivity contribution in [3.8, 4) is 17.0 Å². The van der Waals surface area contributed by atoms with E-state index < -0.39 is 11.6 Å². The van der Waals surface area contributed by atoms with Crippen LogP contribution in [0.2, 0.25) is 0 Å². The van der Waals surface area contributed by atoms with Gasteiger partial charge in [0.2, 0.25) is 11.7 Å². The maximum absolute atomic E-state index is 14.9. The molecule has 4 aromatic rings. The normalized spacial score (nSPS) is 19.3. The number of benzene rings is 2. The third-order valence-corrected chi connectivity index (χ3v) is 9.87. The molecule has 4 N–H and O–H groups in total. The molecule has 0 unspecified atom stereocenters. The van der Waals surface area contributed by atoms with Crippen LogP contribution in [0.3, 0.4) is 0 Å². The predicted octanol–water partition coefficient (Wildman–Crippen LogP) is 4.30. The minimum absolute atomic E-state index is 0.0395.